The molecule has 2 rings (SSSR count). The van der Waals surface area contributed by atoms with Crippen LogP contribution in [0, 0.1) is 6.92 Å². The van der Waals surface area contributed by atoms with Crippen LogP contribution in [0.2, 0.25) is 0 Å². The van der Waals surface area contributed by atoms with Crippen LogP contribution in [0.1, 0.15) is 23.0 Å². The average molecular weight is 282 g/mol. The number of halogens is 1. The second-order valence-corrected chi connectivity index (χ2v) is 4.26. The number of pyridine rings is 1. The van der Waals surface area contributed by atoms with Crippen molar-refractivity contribution < 1.29 is 9.53 Å². The van der Waals surface area contributed by atoms with E-state index in [2.05, 4.69) is 15.9 Å². The maximum absolute atomic E-state index is 11.8. The number of aromatic nitrogens is 1. The summed E-state index contributed by atoms with van der Waals surface area (Å²) in [5, 5.41) is 0. The van der Waals surface area contributed by atoms with Gasteiger partial charge in [0, 0.05) is 10.7 Å². The molecule has 2 aromatic heterocycles. The van der Waals surface area contributed by atoms with E-state index >= 15 is 0 Å². The van der Waals surface area contributed by atoms with E-state index in [-0.39, 0.29) is 5.97 Å². The van der Waals surface area contributed by atoms with Gasteiger partial charge in [0.2, 0.25) is 0 Å². The van der Waals surface area contributed by atoms with E-state index in [0.717, 1.165) is 15.6 Å². The molecule has 0 amide bonds. The minimum Gasteiger partial charge on any atom is -0.461 e. The summed E-state index contributed by atoms with van der Waals surface area (Å²) < 4.78 is 7.84. The van der Waals surface area contributed by atoms with Gasteiger partial charge in [-0.05, 0) is 47.5 Å². The first-order valence-corrected chi connectivity index (χ1v) is 5.88. The van der Waals surface area contributed by atoms with Crippen LogP contribution in [0.4, 0.5) is 0 Å². The molecule has 0 N–H and O–H groups in total. The number of nitrogens with zero attached hydrogens (tertiary/aromatic N) is 1. The third kappa shape index (κ3) is 1.63. The Morgan fingerprint density at radius 3 is 2.94 bits per heavy atom. The van der Waals surface area contributed by atoms with Gasteiger partial charge in [0.25, 0.3) is 0 Å². The lowest BCUT2D eigenvalue weighted by Crippen LogP contribution is -2.09. The highest BCUT2D eigenvalue weighted by atomic mass is 79.9. The Labute approximate surface area is 102 Å². The molecule has 4 heteroatoms. The molecule has 0 unspecified atom stereocenters. The molecule has 0 spiro atoms. The molecular weight excluding hydrogens is 270 g/mol. The van der Waals surface area contributed by atoms with Crippen LogP contribution < -0.4 is 0 Å². The second kappa shape index (κ2) is 4.29. The maximum atomic E-state index is 11.8. The smallest absolute Gasteiger partial charge is 0.355 e. The van der Waals surface area contributed by atoms with Crippen molar-refractivity contribution >= 4 is 27.4 Å². The molecule has 0 aliphatic carbocycles. The largest absolute Gasteiger partial charge is 0.461 e. The van der Waals surface area contributed by atoms with Gasteiger partial charge in [-0.2, -0.15) is 0 Å². The first kappa shape index (κ1) is 11.2. The van der Waals surface area contributed by atoms with Gasteiger partial charge in [-0.1, -0.05) is 6.07 Å². The molecule has 0 fully saturated rings. The van der Waals surface area contributed by atoms with Gasteiger partial charge in [0.15, 0.2) is 0 Å². The van der Waals surface area contributed by atoms with Crippen molar-refractivity contribution in [2.24, 2.45) is 0 Å². The zero-order chi connectivity index (χ0) is 11.7. The molecule has 0 saturated heterocycles. The summed E-state index contributed by atoms with van der Waals surface area (Å²) in [6, 6.07) is 5.79. The monoisotopic (exact) mass is 281 g/mol. The zero-order valence-corrected chi connectivity index (χ0v) is 10.7. The predicted octanol–water partition coefficient (Wildman–Crippen LogP) is 3.19. The van der Waals surface area contributed by atoms with Crippen molar-refractivity contribution in [2.75, 3.05) is 6.61 Å². The topological polar surface area (TPSA) is 30.7 Å². The molecule has 0 aliphatic heterocycles. The number of carbonyl (C=O) groups is 1. The number of ether oxygens (including phenoxy) is 1. The molecule has 0 aromatic carbocycles. The van der Waals surface area contributed by atoms with E-state index < -0.39 is 0 Å². The molecule has 3 nitrogen and oxygen atoms in total. The van der Waals surface area contributed by atoms with Gasteiger partial charge in [-0.25, -0.2) is 4.79 Å². The third-order valence-corrected chi connectivity index (χ3v) is 3.48. The fraction of sp³-hybridized carbons (Fsp3) is 0.250. The van der Waals surface area contributed by atoms with Crippen LogP contribution in [0.25, 0.3) is 5.52 Å². The van der Waals surface area contributed by atoms with E-state index in [1.54, 1.807) is 6.92 Å². The van der Waals surface area contributed by atoms with E-state index in [1.807, 2.05) is 35.7 Å². The van der Waals surface area contributed by atoms with E-state index in [1.165, 1.54) is 0 Å². The number of hydrogen-bond acceptors (Lipinski definition) is 2. The van der Waals surface area contributed by atoms with Crippen molar-refractivity contribution in [3.63, 3.8) is 0 Å². The minimum absolute atomic E-state index is 0.285. The summed E-state index contributed by atoms with van der Waals surface area (Å²) in [6.07, 6.45) is 1.86. The zero-order valence-electron chi connectivity index (χ0n) is 9.16. The SMILES string of the molecule is CCOC(=O)c1c(C)c(Br)c2ccccn12. The number of hydrogen-bond donors (Lipinski definition) is 0. The third-order valence-electron chi connectivity index (χ3n) is 2.48. The van der Waals surface area contributed by atoms with Crippen LogP contribution in [0.5, 0.6) is 0 Å². The summed E-state index contributed by atoms with van der Waals surface area (Å²) in [6.45, 7) is 4.09. The molecule has 0 bridgehead atoms. The van der Waals surface area contributed by atoms with Crippen LogP contribution in [0.3, 0.4) is 0 Å². The number of rotatable bonds is 2. The van der Waals surface area contributed by atoms with E-state index in [4.69, 9.17) is 4.74 Å². The standard InChI is InChI=1S/C12H12BrNO2/c1-3-16-12(15)11-8(2)10(13)9-6-4-5-7-14(9)11/h4-7H,3H2,1-2H3. The Kier molecular flexibility index (Phi) is 3.01. The summed E-state index contributed by atoms with van der Waals surface area (Å²) in [5.41, 5.74) is 2.47. The fourth-order valence-corrected chi connectivity index (χ4v) is 2.26. The second-order valence-electron chi connectivity index (χ2n) is 3.46. The summed E-state index contributed by atoms with van der Waals surface area (Å²) in [5.74, 6) is -0.285. The lowest BCUT2D eigenvalue weighted by Gasteiger charge is -2.03. The number of fused-ring (bicyclic) bond motifs is 1. The van der Waals surface area contributed by atoms with Crippen molar-refractivity contribution in [3.05, 3.63) is 40.1 Å². The minimum atomic E-state index is -0.285. The van der Waals surface area contributed by atoms with Gasteiger partial charge < -0.3 is 9.14 Å². The predicted molar refractivity (Wildman–Crippen MR) is 65.8 cm³/mol. The molecule has 0 saturated carbocycles. The Hall–Kier alpha value is -1.29. The van der Waals surface area contributed by atoms with Gasteiger partial charge in [-0.3, -0.25) is 0 Å². The average Bonchev–Trinajstić information content (AvgIpc) is 2.53. The highest BCUT2D eigenvalue weighted by Gasteiger charge is 2.19. The molecule has 0 aliphatic rings. The van der Waals surface area contributed by atoms with Crippen LogP contribution in [-0.2, 0) is 4.74 Å². The van der Waals surface area contributed by atoms with Gasteiger partial charge >= 0.3 is 5.97 Å². The van der Waals surface area contributed by atoms with Gasteiger partial charge in [-0.15, -0.1) is 0 Å². The van der Waals surface area contributed by atoms with Crippen LogP contribution in [-0.4, -0.2) is 17.0 Å². The molecule has 2 aromatic rings. The van der Waals surface area contributed by atoms with Crippen molar-refractivity contribution in [1.29, 1.82) is 0 Å². The van der Waals surface area contributed by atoms with Crippen molar-refractivity contribution in [3.8, 4) is 0 Å². The molecular formula is C12H12BrNO2. The Balaban J connectivity index is 2.68. The van der Waals surface area contributed by atoms with E-state index in [0.29, 0.717) is 12.3 Å². The molecule has 16 heavy (non-hydrogen) atoms. The fourth-order valence-electron chi connectivity index (χ4n) is 1.74. The molecule has 84 valence electrons. The lowest BCUT2D eigenvalue weighted by molar-refractivity contribution is 0.0517. The lowest BCUT2D eigenvalue weighted by atomic mass is 10.2. The summed E-state index contributed by atoms with van der Waals surface area (Å²) >= 11 is 3.49. The quantitative estimate of drug-likeness (QED) is 0.792. The summed E-state index contributed by atoms with van der Waals surface area (Å²) in [4.78, 5) is 11.8. The number of esters is 1. The molecule has 0 radical (unpaired) electrons. The highest BCUT2D eigenvalue weighted by molar-refractivity contribution is 9.10. The highest BCUT2D eigenvalue weighted by Crippen LogP contribution is 2.28. The van der Waals surface area contributed by atoms with Crippen molar-refractivity contribution in [1.82, 2.24) is 4.40 Å². The Bertz CT molecular complexity index is 545. The number of carbonyl (C=O) groups excluding carboxylic acids is 1. The Morgan fingerprint density at radius 1 is 1.50 bits per heavy atom. The molecule has 2 heterocycles. The van der Waals surface area contributed by atoms with Gasteiger partial charge in [0.1, 0.15) is 5.69 Å². The Morgan fingerprint density at radius 2 is 2.25 bits per heavy atom. The van der Waals surface area contributed by atoms with Crippen molar-refractivity contribution in [2.45, 2.75) is 13.8 Å². The maximum Gasteiger partial charge on any atom is 0.355 e. The van der Waals surface area contributed by atoms with Crippen LogP contribution in [0.15, 0.2) is 28.9 Å². The molecule has 0 atom stereocenters. The van der Waals surface area contributed by atoms with Gasteiger partial charge in [0.05, 0.1) is 12.1 Å². The summed E-state index contributed by atoms with van der Waals surface area (Å²) in [7, 11) is 0. The normalized spacial score (nSPS) is 10.7. The first-order valence-electron chi connectivity index (χ1n) is 5.09. The van der Waals surface area contributed by atoms with Crippen LogP contribution >= 0.6 is 15.9 Å². The van der Waals surface area contributed by atoms with E-state index in [9.17, 15) is 4.79 Å². The first-order chi connectivity index (χ1) is 7.66.